The second-order valence-corrected chi connectivity index (χ2v) is 16.9. The molecule has 13 aromatic rings. The maximum absolute atomic E-state index is 5.04. The van der Waals surface area contributed by atoms with Gasteiger partial charge < -0.3 is 0 Å². The van der Waals surface area contributed by atoms with Gasteiger partial charge in [-0.2, -0.15) is 4.80 Å². The number of fused-ring (bicyclic) bond motifs is 6. The summed E-state index contributed by atoms with van der Waals surface area (Å²) in [6.45, 7) is 0. The van der Waals surface area contributed by atoms with Gasteiger partial charge >= 0.3 is 0 Å². The van der Waals surface area contributed by atoms with E-state index in [0.29, 0.717) is 0 Å². The molecule has 0 bridgehead atoms. The lowest BCUT2D eigenvalue weighted by molar-refractivity contribution is 0.766. The van der Waals surface area contributed by atoms with Crippen LogP contribution in [0.2, 0.25) is 0 Å². The van der Waals surface area contributed by atoms with Crippen LogP contribution in [0.25, 0.3) is 126 Å². The van der Waals surface area contributed by atoms with Crippen LogP contribution in [0.4, 0.5) is 0 Å². The molecule has 0 atom stereocenters. The number of aromatic nitrogens is 4. The minimum absolute atomic E-state index is 0.841. The van der Waals surface area contributed by atoms with Crippen molar-refractivity contribution in [1.82, 2.24) is 20.0 Å². The van der Waals surface area contributed by atoms with Crippen molar-refractivity contribution in [3.05, 3.63) is 231 Å². The number of rotatable bonds is 6. The number of hydrogen-bond acceptors (Lipinski definition) is 3. The Labute approximate surface area is 375 Å². The van der Waals surface area contributed by atoms with Crippen molar-refractivity contribution < 1.29 is 0 Å². The quantitative estimate of drug-likeness (QED) is 0.157. The van der Waals surface area contributed by atoms with E-state index in [1.165, 1.54) is 87.2 Å². The van der Waals surface area contributed by atoms with E-state index in [2.05, 4.69) is 217 Å². The SMILES string of the molecule is c1cncc(-c2ccc(-c3ccc(-n4nc5ccc(-c6ccc7c(-c8ccc9ccccc9c8)c8ccccc8c(-c8ccc9ccccc9c8)c7c6)cc5n4)cc3)c3ccccc23)c1. The summed E-state index contributed by atoms with van der Waals surface area (Å²) in [5, 5.41) is 22.2. The highest BCUT2D eigenvalue weighted by Crippen LogP contribution is 2.46. The highest BCUT2D eigenvalue weighted by Gasteiger charge is 2.19. The summed E-state index contributed by atoms with van der Waals surface area (Å²) in [5.74, 6) is 0. The lowest BCUT2D eigenvalue weighted by Crippen LogP contribution is -1.98. The zero-order valence-corrected chi connectivity index (χ0v) is 35.2. The molecule has 302 valence electrons. The van der Waals surface area contributed by atoms with Crippen LogP contribution >= 0.6 is 0 Å². The molecule has 2 heterocycles. The summed E-state index contributed by atoms with van der Waals surface area (Å²) >= 11 is 0. The van der Waals surface area contributed by atoms with E-state index < -0.39 is 0 Å². The molecule has 0 radical (unpaired) electrons. The maximum atomic E-state index is 5.04. The fourth-order valence-electron chi connectivity index (χ4n) is 9.98. The topological polar surface area (TPSA) is 43.6 Å². The molecular formula is C61H38N4. The van der Waals surface area contributed by atoms with Crippen LogP contribution in [-0.4, -0.2) is 20.0 Å². The minimum atomic E-state index is 0.841. The van der Waals surface area contributed by atoms with E-state index in [0.717, 1.165) is 39.0 Å². The van der Waals surface area contributed by atoms with Crippen LogP contribution in [0, 0.1) is 0 Å². The first-order chi connectivity index (χ1) is 32.2. The predicted molar refractivity (Wildman–Crippen MR) is 271 cm³/mol. The largest absolute Gasteiger partial charge is 0.264 e. The standard InChI is InChI=1S/C61H38N4/c1-3-12-42-34-46(21-19-39(42)10-1)60-54-17-7-8-18-55(54)61(47-22-20-40-11-2-4-13-43(40)35-47)57-36-44(25-29-56(57)60)45-26-32-58-59(37-45)64-65(63-58)49-27-23-41(24-28-49)50-30-31-51(48-14-9-33-62-38-48)53-16-6-5-15-52(50)53/h1-38H. The summed E-state index contributed by atoms with van der Waals surface area (Å²) < 4.78 is 0. The third-order valence-electron chi connectivity index (χ3n) is 13.1. The van der Waals surface area contributed by atoms with E-state index in [-0.39, 0.29) is 0 Å². The molecule has 0 fully saturated rings. The molecule has 0 saturated heterocycles. The number of hydrogen-bond donors (Lipinski definition) is 0. The van der Waals surface area contributed by atoms with E-state index >= 15 is 0 Å². The fraction of sp³-hybridized carbons (Fsp3) is 0. The zero-order chi connectivity index (χ0) is 42.8. The summed E-state index contributed by atoms with van der Waals surface area (Å²) in [6.07, 6.45) is 3.74. The number of benzene rings is 11. The fourth-order valence-corrected chi connectivity index (χ4v) is 9.98. The first-order valence-corrected chi connectivity index (χ1v) is 22.1. The van der Waals surface area contributed by atoms with Crippen LogP contribution < -0.4 is 0 Å². The molecule has 0 aliphatic carbocycles. The molecule has 0 N–H and O–H groups in total. The summed E-state index contributed by atoms with van der Waals surface area (Å²) in [4.78, 5) is 6.12. The number of pyridine rings is 1. The first-order valence-electron chi connectivity index (χ1n) is 22.1. The van der Waals surface area contributed by atoms with E-state index in [9.17, 15) is 0 Å². The van der Waals surface area contributed by atoms with Gasteiger partial charge in [0, 0.05) is 18.0 Å². The Morgan fingerprint density at radius 3 is 1.45 bits per heavy atom. The van der Waals surface area contributed by atoms with Gasteiger partial charge in [0.25, 0.3) is 0 Å². The molecule has 2 aromatic heterocycles. The Kier molecular flexibility index (Phi) is 8.50. The Morgan fingerprint density at radius 2 is 0.800 bits per heavy atom. The highest BCUT2D eigenvalue weighted by atomic mass is 15.5. The van der Waals surface area contributed by atoms with E-state index in [4.69, 9.17) is 10.2 Å². The molecule has 0 aliphatic heterocycles. The van der Waals surface area contributed by atoms with Gasteiger partial charge in [0.1, 0.15) is 11.0 Å². The van der Waals surface area contributed by atoms with E-state index in [1.807, 2.05) is 18.5 Å². The van der Waals surface area contributed by atoms with Gasteiger partial charge in [-0.3, -0.25) is 4.98 Å². The van der Waals surface area contributed by atoms with Gasteiger partial charge in [0.05, 0.1) is 5.69 Å². The van der Waals surface area contributed by atoms with Crippen molar-refractivity contribution in [3.63, 3.8) is 0 Å². The summed E-state index contributed by atoms with van der Waals surface area (Å²) in [7, 11) is 0. The predicted octanol–water partition coefficient (Wildman–Crippen LogP) is 15.9. The second kappa shape index (κ2) is 15.0. The minimum Gasteiger partial charge on any atom is -0.264 e. The lowest BCUT2D eigenvalue weighted by Gasteiger charge is -2.19. The molecule has 0 spiro atoms. The Bertz CT molecular complexity index is 4000. The van der Waals surface area contributed by atoms with Gasteiger partial charge in [0.15, 0.2) is 0 Å². The van der Waals surface area contributed by atoms with Crippen molar-refractivity contribution in [2.24, 2.45) is 0 Å². The van der Waals surface area contributed by atoms with Crippen molar-refractivity contribution in [2.45, 2.75) is 0 Å². The maximum Gasteiger partial charge on any atom is 0.114 e. The lowest BCUT2D eigenvalue weighted by atomic mass is 9.84. The molecule has 13 rings (SSSR count). The Hall–Kier alpha value is -8.73. The van der Waals surface area contributed by atoms with Crippen molar-refractivity contribution >= 4 is 64.9 Å². The van der Waals surface area contributed by atoms with Crippen LogP contribution in [-0.2, 0) is 0 Å². The molecule has 0 saturated carbocycles. The number of nitrogens with zero attached hydrogens (tertiary/aromatic N) is 4. The third-order valence-corrected chi connectivity index (χ3v) is 13.1. The normalized spacial score (nSPS) is 11.7. The van der Waals surface area contributed by atoms with Gasteiger partial charge in [-0.1, -0.05) is 170 Å². The average molecular weight is 827 g/mol. The van der Waals surface area contributed by atoms with Crippen LogP contribution in [0.1, 0.15) is 0 Å². The van der Waals surface area contributed by atoms with Crippen molar-refractivity contribution in [3.8, 4) is 61.3 Å². The summed E-state index contributed by atoms with van der Waals surface area (Å²) in [6, 6.07) is 78.9. The molecule has 11 aromatic carbocycles. The molecule has 0 amide bonds. The summed E-state index contributed by atoms with van der Waals surface area (Å²) in [5.41, 5.74) is 14.3. The van der Waals surface area contributed by atoms with E-state index in [1.54, 1.807) is 4.80 Å². The van der Waals surface area contributed by atoms with Crippen LogP contribution in [0.5, 0.6) is 0 Å². The third kappa shape index (κ3) is 6.26. The van der Waals surface area contributed by atoms with Crippen molar-refractivity contribution in [2.75, 3.05) is 0 Å². The molecular weight excluding hydrogens is 789 g/mol. The second-order valence-electron chi connectivity index (χ2n) is 16.9. The average Bonchev–Trinajstić information content (AvgIpc) is 3.81. The molecule has 0 unspecified atom stereocenters. The molecule has 4 heteroatoms. The van der Waals surface area contributed by atoms with Gasteiger partial charge in [-0.15, -0.1) is 10.2 Å². The first kappa shape index (κ1) is 36.9. The Morgan fingerprint density at radius 1 is 0.292 bits per heavy atom. The van der Waals surface area contributed by atoms with Gasteiger partial charge in [-0.25, -0.2) is 0 Å². The molecule has 0 aliphatic rings. The highest BCUT2D eigenvalue weighted by molar-refractivity contribution is 6.22. The van der Waals surface area contributed by atoms with Gasteiger partial charge in [0.2, 0.25) is 0 Å². The smallest absolute Gasteiger partial charge is 0.114 e. The molecule has 65 heavy (non-hydrogen) atoms. The zero-order valence-electron chi connectivity index (χ0n) is 35.2. The van der Waals surface area contributed by atoms with Crippen LogP contribution in [0.3, 0.4) is 0 Å². The molecule has 4 nitrogen and oxygen atoms in total. The monoisotopic (exact) mass is 826 g/mol. The van der Waals surface area contributed by atoms with Crippen molar-refractivity contribution in [1.29, 1.82) is 0 Å². The Balaban J connectivity index is 0.916. The van der Waals surface area contributed by atoms with Crippen LogP contribution in [0.15, 0.2) is 231 Å². The van der Waals surface area contributed by atoms with Gasteiger partial charge in [-0.05, 0) is 152 Å².